The summed E-state index contributed by atoms with van der Waals surface area (Å²) in [5.74, 6) is 0.882. The summed E-state index contributed by atoms with van der Waals surface area (Å²) < 4.78 is 0. The molecule has 2 aliphatic rings. The van der Waals surface area contributed by atoms with E-state index in [1.807, 2.05) is 30.6 Å². The van der Waals surface area contributed by atoms with Gasteiger partial charge in [-0.3, -0.25) is 4.79 Å². The number of pyridine rings is 1. The van der Waals surface area contributed by atoms with E-state index in [4.69, 9.17) is 0 Å². The number of aromatic nitrogens is 1. The maximum absolute atomic E-state index is 12.2. The number of benzene rings is 1. The molecule has 1 N–H and O–H groups in total. The number of hydrogen-bond donors (Lipinski definition) is 1. The van der Waals surface area contributed by atoms with Crippen molar-refractivity contribution in [2.75, 3.05) is 18.0 Å². The van der Waals surface area contributed by atoms with Crippen molar-refractivity contribution >= 4 is 11.6 Å². The lowest BCUT2D eigenvalue weighted by atomic mass is 10.1. The van der Waals surface area contributed by atoms with Crippen LogP contribution in [0, 0.1) is 0 Å². The summed E-state index contributed by atoms with van der Waals surface area (Å²) in [5.41, 5.74) is 0.341. The minimum absolute atomic E-state index is 0.0245. The third-order valence-corrected chi connectivity index (χ3v) is 4.81. The molecule has 24 heavy (non-hydrogen) atoms. The normalized spacial score (nSPS) is 22.5. The van der Waals surface area contributed by atoms with Gasteiger partial charge < -0.3 is 14.9 Å². The fourth-order valence-electron chi connectivity index (χ4n) is 3.62. The van der Waals surface area contributed by atoms with Crippen molar-refractivity contribution < 1.29 is 9.90 Å². The summed E-state index contributed by atoms with van der Waals surface area (Å²) in [6, 6.07) is 13.5. The zero-order valence-corrected chi connectivity index (χ0v) is 13.2. The van der Waals surface area contributed by atoms with Crippen molar-refractivity contribution in [3.8, 4) is 5.75 Å². The molecule has 2 saturated heterocycles. The summed E-state index contributed by atoms with van der Waals surface area (Å²) in [4.78, 5) is 21.2. The van der Waals surface area contributed by atoms with E-state index in [9.17, 15) is 9.90 Å². The molecule has 3 heterocycles. The molecule has 0 saturated carbocycles. The van der Waals surface area contributed by atoms with Crippen LogP contribution >= 0.6 is 0 Å². The Bertz CT molecular complexity index is 775. The van der Waals surface area contributed by atoms with Crippen molar-refractivity contribution in [3.05, 3.63) is 66.5 Å². The smallest absolute Gasteiger partial charge is 0.190 e. The van der Waals surface area contributed by atoms with Crippen LogP contribution in [-0.2, 0) is 0 Å². The molecule has 5 heteroatoms. The lowest BCUT2D eigenvalue weighted by Gasteiger charge is -2.34. The number of anilines is 1. The van der Waals surface area contributed by atoms with Crippen molar-refractivity contribution in [2.24, 2.45) is 0 Å². The number of fused-ring (bicyclic) bond motifs is 2. The van der Waals surface area contributed by atoms with Gasteiger partial charge in [0.25, 0.3) is 0 Å². The number of allylic oxidation sites excluding steroid dienone is 1. The van der Waals surface area contributed by atoms with Crippen LogP contribution < -0.4 is 4.90 Å². The quantitative estimate of drug-likeness (QED) is 0.692. The van der Waals surface area contributed by atoms with E-state index in [1.54, 1.807) is 24.3 Å². The molecule has 1 aromatic heterocycles. The number of rotatable bonds is 4. The third-order valence-electron chi connectivity index (χ3n) is 4.81. The van der Waals surface area contributed by atoms with E-state index in [2.05, 4.69) is 14.8 Å². The Labute approximate surface area is 140 Å². The Kier molecular flexibility index (Phi) is 3.69. The number of carbonyl (C=O) groups excluding carboxylic acids is 1. The Balaban J connectivity index is 1.42. The first-order chi connectivity index (χ1) is 11.7. The Morgan fingerprint density at radius 3 is 2.67 bits per heavy atom. The Hall–Kier alpha value is -2.82. The van der Waals surface area contributed by atoms with E-state index in [-0.39, 0.29) is 11.5 Å². The fourth-order valence-corrected chi connectivity index (χ4v) is 3.62. The van der Waals surface area contributed by atoms with Gasteiger partial charge >= 0.3 is 0 Å². The highest BCUT2D eigenvalue weighted by Crippen LogP contribution is 2.33. The van der Waals surface area contributed by atoms with E-state index in [0.29, 0.717) is 17.6 Å². The van der Waals surface area contributed by atoms with Gasteiger partial charge in [0.15, 0.2) is 5.78 Å². The molecule has 0 radical (unpaired) electrons. The minimum atomic E-state index is -0.169. The predicted octanol–water partition coefficient (Wildman–Crippen LogP) is 2.45. The molecule has 0 unspecified atom stereocenters. The van der Waals surface area contributed by atoms with Crippen molar-refractivity contribution in [1.82, 2.24) is 9.88 Å². The Morgan fingerprint density at radius 2 is 1.96 bits per heavy atom. The summed E-state index contributed by atoms with van der Waals surface area (Å²) in [7, 11) is 0. The molecule has 122 valence electrons. The van der Waals surface area contributed by atoms with Gasteiger partial charge in [-0.1, -0.05) is 18.2 Å². The van der Waals surface area contributed by atoms with Gasteiger partial charge in [0, 0.05) is 43.6 Å². The maximum atomic E-state index is 12.2. The molecule has 2 bridgehead atoms. The minimum Gasteiger partial charge on any atom is -0.507 e. The number of phenols is 1. The topological polar surface area (TPSA) is 56.7 Å². The molecule has 0 amide bonds. The molecular weight excluding hydrogens is 302 g/mol. The van der Waals surface area contributed by atoms with Gasteiger partial charge in [-0.15, -0.1) is 0 Å². The van der Waals surface area contributed by atoms with Crippen molar-refractivity contribution in [2.45, 2.75) is 18.5 Å². The highest BCUT2D eigenvalue weighted by Gasteiger charge is 2.42. The summed E-state index contributed by atoms with van der Waals surface area (Å²) in [5, 5.41) is 9.76. The number of likely N-dealkylation sites (tertiary alicyclic amines) is 1. The van der Waals surface area contributed by atoms with Gasteiger partial charge in [-0.25, -0.2) is 4.98 Å². The van der Waals surface area contributed by atoms with Gasteiger partial charge in [0.2, 0.25) is 0 Å². The van der Waals surface area contributed by atoms with Gasteiger partial charge in [-0.2, -0.15) is 0 Å². The first-order valence-corrected chi connectivity index (χ1v) is 8.16. The fraction of sp³-hybridized carbons (Fsp3) is 0.263. The van der Waals surface area contributed by atoms with Gasteiger partial charge in [0.1, 0.15) is 11.6 Å². The second kappa shape index (κ2) is 6.00. The van der Waals surface area contributed by atoms with E-state index in [0.717, 1.165) is 25.3 Å². The number of phenolic OH excluding ortho intramolecular Hbond substituents is 1. The monoisotopic (exact) mass is 321 g/mol. The standard InChI is InChI=1S/C19H19N3O2/c23-17-6-2-1-5-16(17)18(24)8-10-21-12-15-11-14(21)13-22(15)19-7-3-4-9-20-19/h1-10,14-15,23H,11-13H2/b10-8+/t14-,15-/m0/s1. The van der Waals surface area contributed by atoms with E-state index < -0.39 is 0 Å². The number of hydrogen-bond acceptors (Lipinski definition) is 5. The molecular formula is C19H19N3O2. The van der Waals surface area contributed by atoms with Crippen LogP contribution in [0.3, 0.4) is 0 Å². The Morgan fingerprint density at radius 1 is 1.12 bits per heavy atom. The number of nitrogens with zero attached hydrogens (tertiary/aromatic N) is 3. The van der Waals surface area contributed by atoms with Crippen LogP contribution in [0.5, 0.6) is 5.75 Å². The zero-order valence-electron chi connectivity index (χ0n) is 13.2. The van der Waals surface area contributed by atoms with Crippen LogP contribution in [0.2, 0.25) is 0 Å². The predicted molar refractivity (Wildman–Crippen MR) is 92.1 cm³/mol. The highest BCUT2D eigenvalue weighted by atomic mass is 16.3. The van der Waals surface area contributed by atoms with Crippen LogP contribution in [0.25, 0.3) is 0 Å². The molecule has 2 atom stereocenters. The molecule has 4 rings (SSSR count). The first-order valence-electron chi connectivity index (χ1n) is 8.16. The van der Waals surface area contributed by atoms with Crippen LogP contribution in [0.15, 0.2) is 60.9 Å². The first kappa shape index (κ1) is 14.8. The van der Waals surface area contributed by atoms with Gasteiger partial charge in [-0.05, 0) is 30.7 Å². The van der Waals surface area contributed by atoms with E-state index in [1.165, 1.54) is 6.07 Å². The molecule has 1 aromatic carbocycles. The number of carbonyl (C=O) groups is 1. The van der Waals surface area contributed by atoms with Crippen LogP contribution in [0.1, 0.15) is 16.8 Å². The number of para-hydroxylation sites is 1. The maximum Gasteiger partial charge on any atom is 0.190 e. The number of piperazine rings is 1. The van der Waals surface area contributed by atoms with E-state index >= 15 is 0 Å². The van der Waals surface area contributed by atoms with Crippen molar-refractivity contribution in [1.29, 1.82) is 0 Å². The highest BCUT2D eigenvalue weighted by molar-refractivity contribution is 6.06. The third kappa shape index (κ3) is 2.62. The molecule has 0 aliphatic carbocycles. The molecule has 0 spiro atoms. The molecule has 2 aromatic rings. The average Bonchev–Trinajstić information content (AvgIpc) is 3.21. The SMILES string of the molecule is O=C(/C=C/N1C[C@@H]2C[C@H]1CN2c1ccccn1)c1ccccc1O. The second-order valence-corrected chi connectivity index (χ2v) is 6.28. The summed E-state index contributed by atoms with van der Waals surface area (Å²) in [6.45, 7) is 1.82. The number of aromatic hydroxyl groups is 1. The lowest BCUT2D eigenvalue weighted by Crippen LogP contribution is -2.44. The second-order valence-electron chi connectivity index (χ2n) is 6.28. The largest absolute Gasteiger partial charge is 0.507 e. The molecule has 2 aliphatic heterocycles. The van der Waals surface area contributed by atoms with Crippen LogP contribution in [0.4, 0.5) is 5.82 Å². The zero-order chi connectivity index (χ0) is 16.5. The van der Waals surface area contributed by atoms with Crippen molar-refractivity contribution in [3.63, 3.8) is 0 Å². The molecule has 5 nitrogen and oxygen atoms in total. The van der Waals surface area contributed by atoms with Gasteiger partial charge in [0.05, 0.1) is 5.56 Å². The average molecular weight is 321 g/mol. The lowest BCUT2D eigenvalue weighted by molar-refractivity contribution is 0.104. The van der Waals surface area contributed by atoms with Crippen LogP contribution in [-0.4, -0.2) is 45.9 Å². The molecule has 2 fully saturated rings. The summed E-state index contributed by atoms with van der Waals surface area (Å²) >= 11 is 0. The number of ketones is 1. The summed E-state index contributed by atoms with van der Waals surface area (Å²) in [6.07, 6.45) is 6.34.